The number of unbranched alkanes of at least 4 members (excludes halogenated alkanes) is 58. The van der Waals surface area contributed by atoms with Gasteiger partial charge in [0.2, 0.25) is 35.4 Å². The molecule has 1 aliphatic rings. The maximum atomic E-state index is 14.8. The molecule has 0 bridgehead atoms. The van der Waals surface area contributed by atoms with Gasteiger partial charge in [0.1, 0.15) is 12.1 Å². The molecule has 112 heavy (non-hydrogen) atoms. The topological polar surface area (TPSA) is 193 Å². The Labute approximate surface area is 694 Å². The molecule has 1 heterocycles. The van der Waals surface area contributed by atoms with Crippen molar-refractivity contribution in [2.75, 3.05) is 72.0 Å². The number of aliphatic hydroxyl groups excluding tert-OH is 1. The summed E-state index contributed by atoms with van der Waals surface area (Å²) in [5, 5.41) is 27.6. The highest BCUT2D eigenvalue weighted by Gasteiger charge is 2.40. The summed E-state index contributed by atoms with van der Waals surface area (Å²) in [6.45, 7) is 17.7. The van der Waals surface area contributed by atoms with Crippen molar-refractivity contribution >= 4 is 35.4 Å². The van der Waals surface area contributed by atoms with E-state index < -0.39 is 18.2 Å². The van der Waals surface area contributed by atoms with Crippen molar-refractivity contribution in [3.8, 4) is 0 Å². The highest BCUT2D eigenvalue weighted by molar-refractivity contribution is 5.97. The number of piperazine rings is 1. The number of carbonyl (C=O) groups excluding carboxylic acids is 6. The van der Waals surface area contributed by atoms with Gasteiger partial charge >= 0.3 is 0 Å². The summed E-state index contributed by atoms with van der Waals surface area (Å²) in [4.78, 5) is 88.7. The Kier molecular flexibility index (Phi) is 80.2. The van der Waals surface area contributed by atoms with Crippen molar-refractivity contribution < 1.29 is 33.9 Å². The fraction of sp³-hybridized carbons (Fsp3) is 0.938. The van der Waals surface area contributed by atoms with Crippen LogP contribution in [0.25, 0.3) is 0 Å². The van der Waals surface area contributed by atoms with Gasteiger partial charge in [-0.15, -0.1) is 0 Å². The average Bonchev–Trinajstić information content (AvgIpc) is 0.804. The third-order valence-electron chi connectivity index (χ3n) is 24.1. The molecule has 0 radical (unpaired) electrons. The molecule has 1 fully saturated rings. The number of nitrogens with zero attached hydrogens (tertiary/aromatic N) is 3. The van der Waals surface area contributed by atoms with Crippen molar-refractivity contribution in [2.45, 2.75) is 515 Å². The summed E-state index contributed by atoms with van der Waals surface area (Å²) in [6.07, 6.45) is 82.5. The Morgan fingerprint density at radius 2 is 0.527 bits per heavy atom. The van der Waals surface area contributed by atoms with Crippen LogP contribution >= 0.6 is 0 Å². The fourth-order valence-electron chi connectivity index (χ4n) is 16.4. The van der Waals surface area contributed by atoms with Crippen molar-refractivity contribution in [3.05, 3.63) is 0 Å². The Hall–Kier alpha value is -3.30. The Bertz CT molecular complexity index is 1990. The first kappa shape index (κ1) is 107. The molecule has 0 aromatic rings. The van der Waals surface area contributed by atoms with Crippen LogP contribution in [0.15, 0.2) is 0 Å². The second kappa shape index (κ2) is 84.2. The van der Waals surface area contributed by atoms with Crippen molar-refractivity contribution in [1.29, 1.82) is 0 Å². The summed E-state index contributed by atoms with van der Waals surface area (Å²) in [5.41, 5.74) is 0. The molecule has 0 saturated carbocycles. The van der Waals surface area contributed by atoms with Crippen LogP contribution in [-0.4, -0.2) is 145 Å². The molecule has 1 saturated heterocycles. The monoisotopic (exact) mass is 1580 g/mol. The van der Waals surface area contributed by atoms with E-state index in [1.165, 1.54) is 321 Å². The number of hydrogen-bond donors (Lipinski definition) is 6. The third-order valence-corrected chi connectivity index (χ3v) is 24.1. The number of amides is 6. The van der Waals surface area contributed by atoms with Crippen LogP contribution in [0.5, 0.6) is 0 Å². The van der Waals surface area contributed by atoms with E-state index >= 15 is 0 Å². The van der Waals surface area contributed by atoms with E-state index in [0.717, 1.165) is 83.5 Å². The van der Waals surface area contributed by atoms with Crippen LogP contribution in [0.4, 0.5) is 0 Å². The molecule has 3 atom stereocenters. The smallest absolute Gasteiger partial charge is 0.245 e. The molecule has 1 aliphatic heterocycles. The molecule has 0 aromatic heterocycles. The van der Waals surface area contributed by atoms with E-state index in [1.807, 2.05) is 0 Å². The number of nitrogens with one attached hydrogen (secondary N) is 5. The van der Waals surface area contributed by atoms with E-state index in [2.05, 4.69) is 71.0 Å². The van der Waals surface area contributed by atoms with Gasteiger partial charge in [0.05, 0.1) is 6.10 Å². The second-order valence-corrected chi connectivity index (χ2v) is 34.9. The molecular formula is C97H190N8O7. The summed E-state index contributed by atoms with van der Waals surface area (Å²) in [6, 6.07) is -1.41. The largest absolute Gasteiger partial charge is 0.391 e. The molecule has 660 valence electrons. The van der Waals surface area contributed by atoms with Crippen LogP contribution < -0.4 is 26.6 Å². The zero-order valence-electron chi connectivity index (χ0n) is 75.2. The van der Waals surface area contributed by atoms with E-state index in [-0.39, 0.29) is 42.0 Å². The zero-order valence-corrected chi connectivity index (χ0v) is 75.2. The Morgan fingerprint density at radius 1 is 0.304 bits per heavy atom. The van der Waals surface area contributed by atoms with Crippen LogP contribution in [-0.2, 0) is 28.8 Å². The Balaban J connectivity index is 3.09. The van der Waals surface area contributed by atoms with Crippen molar-refractivity contribution in [3.63, 3.8) is 0 Å². The molecule has 0 aromatic carbocycles. The van der Waals surface area contributed by atoms with E-state index in [1.54, 1.807) is 4.90 Å². The van der Waals surface area contributed by atoms with Gasteiger partial charge in [-0.3, -0.25) is 28.8 Å². The molecular weight excluding hydrogens is 1390 g/mol. The lowest BCUT2D eigenvalue weighted by Gasteiger charge is -2.40. The van der Waals surface area contributed by atoms with Crippen molar-refractivity contribution in [2.24, 2.45) is 0 Å². The fourth-order valence-corrected chi connectivity index (χ4v) is 16.4. The molecule has 1 rings (SSSR count). The molecule has 6 amide bonds. The van der Waals surface area contributed by atoms with Gasteiger partial charge in [-0.1, -0.05) is 401 Å². The molecule has 3 unspecified atom stereocenters. The highest BCUT2D eigenvalue weighted by Crippen LogP contribution is 2.24. The van der Waals surface area contributed by atoms with E-state index in [9.17, 15) is 33.9 Å². The van der Waals surface area contributed by atoms with Gasteiger partial charge in [-0.2, -0.15) is 0 Å². The van der Waals surface area contributed by atoms with Gasteiger partial charge in [-0.25, -0.2) is 0 Å². The molecule has 6 N–H and O–H groups in total. The summed E-state index contributed by atoms with van der Waals surface area (Å²) >= 11 is 0. The average molecular weight is 1580 g/mol. The lowest BCUT2D eigenvalue weighted by atomic mass is 9.97. The van der Waals surface area contributed by atoms with Crippen LogP contribution in [0, 0.1) is 0 Å². The SMILES string of the molecule is CCCCCCCCCCCCCCCC(O)CN1C(=O)C(CCCCN(CCC(=O)NCCCCCCCCCCCCCC)CCC(=O)NCCCCCCCCCCCCCC)NC(=O)C1CCCCN(CCC(=O)NCCCCCCCCCCCCCC)CCC(=O)NCCCCCCCCCCCCCC. The predicted octanol–water partition coefficient (Wildman–Crippen LogP) is 24.3. The lowest BCUT2D eigenvalue weighted by molar-refractivity contribution is -0.151. The van der Waals surface area contributed by atoms with Gasteiger partial charge in [-0.05, 0) is 83.7 Å². The number of β-amino-alcohol motifs (C(OH)–C–C–N with tert-alkyl or cyclic N) is 1. The van der Waals surface area contributed by atoms with Gasteiger partial charge < -0.3 is 46.4 Å². The van der Waals surface area contributed by atoms with Crippen LogP contribution in [0.3, 0.4) is 0 Å². The molecule has 0 spiro atoms. The predicted molar refractivity (Wildman–Crippen MR) is 479 cm³/mol. The van der Waals surface area contributed by atoms with E-state index in [0.29, 0.717) is 123 Å². The normalized spacial score (nSPS) is 14.1. The Morgan fingerprint density at radius 3 is 0.777 bits per heavy atom. The third kappa shape index (κ3) is 70.9. The first-order valence-electron chi connectivity index (χ1n) is 49.8. The van der Waals surface area contributed by atoms with Crippen molar-refractivity contribution in [1.82, 2.24) is 41.3 Å². The van der Waals surface area contributed by atoms with Gasteiger partial charge in [0.15, 0.2) is 0 Å². The minimum atomic E-state index is -0.741. The first-order chi connectivity index (χ1) is 55.0. The van der Waals surface area contributed by atoms with Crippen LogP contribution in [0.1, 0.15) is 497 Å². The summed E-state index contributed by atoms with van der Waals surface area (Å²) in [7, 11) is 0. The van der Waals surface area contributed by atoms with Gasteiger partial charge in [0.25, 0.3) is 0 Å². The first-order valence-corrected chi connectivity index (χ1v) is 49.8. The molecule has 15 nitrogen and oxygen atoms in total. The summed E-state index contributed by atoms with van der Waals surface area (Å²) in [5.74, 6) is -0.131. The maximum Gasteiger partial charge on any atom is 0.245 e. The number of hydrogen-bond acceptors (Lipinski definition) is 9. The number of carbonyl (C=O) groups is 6. The number of rotatable bonds is 90. The van der Waals surface area contributed by atoms with Gasteiger partial charge in [0, 0.05) is 84.6 Å². The standard InChI is InChI=1S/C97H190N8O7/c1-6-11-16-21-26-31-36-41-42-47-52-57-62-71-89(106)88-105-91(73-64-70-83-104(86-76-94(109)100-80-67-60-55-50-45-39-34-29-24-19-14-9-4)87-77-95(110)101-81-68-61-56-51-46-40-35-30-25-20-15-10-5)96(111)102-90(97(105)112)72-63-69-82-103(84-74-92(107)98-78-65-58-53-48-43-37-32-27-22-17-12-7-2)85-75-93(108)99-79-66-59-54-49-44-38-33-28-23-18-13-8-3/h89-91,106H,6-88H2,1-5H3,(H,98,107)(H,99,108)(H,100,109)(H,101,110)(H,102,111). The minimum absolute atomic E-state index is 0.0426. The summed E-state index contributed by atoms with van der Waals surface area (Å²) < 4.78 is 0. The molecule has 15 heteroatoms. The lowest BCUT2D eigenvalue weighted by Crippen LogP contribution is -2.64. The second-order valence-electron chi connectivity index (χ2n) is 34.9. The number of aliphatic hydroxyl groups is 1. The highest BCUT2D eigenvalue weighted by atomic mass is 16.3. The maximum absolute atomic E-state index is 14.8. The van der Waals surface area contributed by atoms with Crippen LogP contribution in [0.2, 0.25) is 0 Å². The molecule has 0 aliphatic carbocycles. The van der Waals surface area contributed by atoms with E-state index in [4.69, 9.17) is 0 Å². The quantitative estimate of drug-likeness (QED) is 0.0322. The zero-order chi connectivity index (χ0) is 81.2. The minimum Gasteiger partial charge on any atom is -0.391 e.